The number of carbonyl (C=O) groups is 2. The van der Waals surface area contributed by atoms with E-state index in [9.17, 15) is 9.59 Å². The largest absolute Gasteiger partial charge is 0.349 e. The molecule has 1 aromatic rings. The number of amides is 2. The van der Waals surface area contributed by atoms with Gasteiger partial charge in [0.2, 0.25) is 11.8 Å². The molecule has 2 amide bonds. The molecule has 1 atom stereocenters. The zero-order valence-corrected chi connectivity index (χ0v) is 16.7. The summed E-state index contributed by atoms with van der Waals surface area (Å²) >= 11 is 0. The van der Waals surface area contributed by atoms with E-state index in [0.29, 0.717) is 19.5 Å². The van der Waals surface area contributed by atoms with Crippen LogP contribution in [0, 0.1) is 5.92 Å². The molecule has 3 N–H and O–H groups in total. The fourth-order valence-corrected chi connectivity index (χ4v) is 3.43. The predicted octanol–water partition coefficient (Wildman–Crippen LogP) is 2.52. The van der Waals surface area contributed by atoms with Crippen LogP contribution in [0.5, 0.6) is 0 Å². The van der Waals surface area contributed by atoms with Crippen LogP contribution in [0.15, 0.2) is 30.3 Å². The van der Waals surface area contributed by atoms with E-state index in [4.69, 9.17) is 5.73 Å². The summed E-state index contributed by atoms with van der Waals surface area (Å²) in [6, 6.07) is 9.75. The molecule has 0 spiro atoms. The summed E-state index contributed by atoms with van der Waals surface area (Å²) in [5, 5.41) is 3.16. The molecular weight excluding hydrogens is 350 g/mol. The lowest BCUT2D eigenvalue weighted by molar-refractivity contribution is -0.135. The normalized spacial score (nSPS) is 17.3. The van der Waals surface area contributed by atoms with E-state index < -0.39 is 0 Å². The summed E-state index contributed by atoms with van der Waals surface area (Å²) in [4.78, 5) is 27.1. The summed E-state index contributed by atoms with van der Waals surface area (Å²) in [6.45, 7) is 5.78. The highest BCUT2D eigenvalue weighted by Crippen LogP contribution is 2.21. The van der Waals surface area contributed by atoms with E-state index in [-0.39, 0.29) is 35.7 Å². The van der Waals surface area contributed by atoms with Gasteiger partial charge in [-0.25, -0.2) is 0 Å². The Balaban J connectivity index is 0.00000338. The molecule has 1 heterocycles. The minimum absolute atomic E-state index is 0. The van der Waals surface area contributed by atoms with E-state index >= 15 is 0 Å². The Morgan fingerprint density at radius 2 is 1.88 bits per heavy atom. The Kier molecular flexibility index (Phi) is 9.09. The number of piperidine rings is 1. The number of hydrogen-bond donors (Lipinski definition) is 2. The second kappa shape index (κ2) is 10.5. The van der Waals surface area contributed by atoms with Crippen LogP contribution in [0.4, 0.5) is 0 Å². The van der Waals surface area contributed by atoms with E-state index in [1.165, 1.54) is 0 Å². The van der Waals surface area contributed by atoms with Crippen molar-refractivity contribution in [3.63, 3.8) is 0 Å². The molecule has 0 saturated carbocycles. The quantitative estimate of drug-likeness (QED) is 0.762. The van der Waals surface area contributed by atoms with Crippen molar-refractivity contribution in [1.29, 1.82) is 0 Å². The Morgan fingerprint density at radius 1 is 1.23 bits per heavy atom. The van der Waals surface area contributed by atoms with Gasteiger partial charge in [0.15, 0.2) is 0 Å². The van der Waals surface area contributed by atoms with Crippen molar-refractivity contribution >= 4 is 24.2 Å². The molecule has 6 heteroatoms. The van der Waals surface area contributed by atoms with Gasteiger partial charge in [0.05, 0.1) is 17.9 Å². The number of rotatable bonds is 7. The topological polar surface area (TPSA) is 75.4 Å². The van der Waals surface area contributed by atoms with Crippen molar-refractivity contribution < 1.29 is 9.59 Å². The van der Waals surface area contributed by atoms with Gasteiger partial charge in [-0.05, 0) is 31.2 Å². The van der Waals surface area contributed by atoms with Crippen LogP contribution in [0.3, 0.4) is 0 Å². The van der Waals surface area contributed by atoms with Gasteiger partial charge in [0, 0.05) is 19.6 Å². The number of hydrogen-bond acceptors (Lipinski definition) is 3. The second-order valence-electron chi connectivity index (χ2n) is 7.02. The minimum atomic E-state index is -0.326. The first-order valence-electron chi connectivity index (χ1n) is 9.37. The van der Waals surface area contributed by atoms with E-state index in [0.717, 1.165) is 37.8 Å². The average Bonchev–Trinajstić information content (AvgIpc) is 2.67. The highest BCUT2D eigenvalue weighted by Gasteiger charge is 2.33. The van der Waals surface area contributed by atoms with Crippen molar-refractivity contribution in [2.45, 2.75) is 51.5 Å². The summed E-state index contributed by atoms with van der Waals surface area (Å²) in [7, 11) is 0. The summed E-state index contributed by atoms with van der Waals surface area (Å²) < 4.78 is 0. The monoisotopic (exact) mass is 381 g/mol. The van der Waals surface area contributed by atoms with E-state index in [2.05, 4.69) is 5.32 Å². The van der Waals surface area contributed by atoms with Crippen LogP contribution in [0.25, 0.3) is 0 Å². The van der Waals surface area contributed by atoms with Gasteiger partial charge in [-0.3, -0.25) is 9.59 Å². The van der Waals surface area contributed by atoms with Crippen LogP contribution in [0.1, 0.15) is 45.1 Å². The summed E-state index contributed by atoms with van der Waals surface area (Å²) in [5.41, 5.74) is 6.58. The highest BCUT2D eigenvalue weighted by molar-refractivity contribution is 5.85. The van der Waals surface area contributed by atoms with Gasteiger partial charge in [0.25, 0.3) is 0 Å². The van der Waals surface area contributed by atoms with Crippen molar-refractivity contribution in [3.8, 4) is 0 Å². The molecule has 1 aliphatic rings. The predicted molar refractivity (Wildman–Crippen MR) is 107 cm³/mol. The van der Waals surface area contributed by atoms with Crippen LogP contribution in [0.2, 0.25) is 0 Å². The smallest absolute Gasteiger partial charge is 0.227 e. The first-order chi connectivity index (χ1) is 12.0. The van der Waals surface area contributed by atoms with Gasteiger partial charge in [0.1, 0.15) is 0 Å². The minimum Gasteiger partial charge on any atom is -0.349 e. The number of nitrogens with zero attached hydrogens (tertiary/aromatic N) is 1. The van der Waals surface area contributed by atoms with Crippen LogP contribution < -0.4 is 11.1 Å². The van der Waals surface area contributed by atoms with Gasteiger partial charge in [-0.15, -0.1) is 12.4 Å². The van der Waals surface area contributed by atoms with Gasteiger partial charge in [-0.2, -0.15) is 0 Å². The van der Waals surface area contributed by atoms with Gasteiger partial charge in [-0.1, -0.05) is 44.2 Å². The lowest BCUT2D eigenvalue weighted by Gasteiger charge is -2.36. The Hall–Kier alpha value is -1.59. The molecule has 0 aliphatic carbocycles. The first-order valence-corrected chi connectivity index (χ1v) is 9.37. The molecular formula is C20H32ClN3O2. The Bertz CT molecular complexity index is 567. The molecule has 0 radical (unpaired) electrons. The Labute approximate surface area is 163 Å². The number of benzene rings is 1. The van der Waals surface area contributed by atoms with Crippen molar-refractivity contribution in [3.05, 3.63) is 35.9 Å². The van der Waals surface area contributed by atoms with E-state index in [1.807, 2.05) is 49.1 Å². The van der Waals surface area contributed by atoms with Gasteiger partial charge < -0.3 is 16.0 Å². The number of likely N-dealkylation sites (tertiary alicyclic amines) is 1. The molecule has 1 unspecified atom stereocenters. The molecule has 0 bridgehead atoms. The molecule has 26 heavy (non-hydrogen) atoms. The van der Waals surface area contributed by atoms with E-state index in [1.54, 1.807) is 0 Å². The van der Waals surface area contributed by atoms with Crippen LogP contribution in [-0.2, 0) is 16.0 Å². The molecule has 1 fully saturated rings. The molecule has 0 aromatic heterocycles. The second-order valence-corrected chi connectivity index (χ2v) is 7.02. The molecule has 1 aromatic carbocycles. The third kappa shape index (κ3) is 5.71. The lowest BCUT2D eigenvalue weighted by atomic mass is 9.90. The maximum Gasteiger partial charge on any atom is 0.227 e. The standard InChI is InChI=1S/C20H31N3O2.ClH/c1-3-20(4-2,15-21)22-19(25)17-11-8-12-23(14-17)18(24)13-16-9-6-5-7-10-16;/h5-7,9-10,17H,3-4,8,11-15,21H2,1-2H3,(H,22,25);1H. The maximum atomic E-state index is 12.7. The zero-order valence-electron chi connectivity index (χ0n) is 15.9. The van der Waals surface area contributed by atoms with Crippen molar-refractivity contribution in [2.75, 3.05) is 19.6 Å². The third-order valence-electron chi connectivity index (χ3n) is 5.48. The highest BCUT2D eigenvalue weighted by atomic mass is 35.5. The maximum absolute atomic E-state index is 12.7. The molecule has 5 nitrogen and oxygen atoms in total. The number of carbonyl (C=O) groups excluding carboxylic acids is 2. The molecule has 146 valence electrons. The lowest BCUT2D eigenvalue weighted by Crippen LogP contribution is -2.56. The SMILES string of the molecule is CCC(CC)(CN)NC(=O)C1CCCN(C(=O)Cc2ccccc2)C1.Cl. The van der Waals surface area contributed by atoms with Crippen molar-refractivity contribution in [2.24, 2.45) is 11.7 Å². The number of nitrogens with two attached hydrogens (primary N) is 1. The average molecular weight is 382 g/mol. The van der Waals surface area contributed by atoms with Crippen molar-refractivity contribution in [1.82, 2.24) is 10.2 Å². The Morgan fingerprint density at radius 3 is 2.46 bits per heavy atom. The molecule has 1 saturated heterocycles. The molecule has 1 aliphatic heterocycles. The third-order valence-corrected chi connectivity index (χ3v) is 5.48. The summed E-state index contributed by atoms with van der Waals surface area (Å²) in [5.74, 6) is -0.0105. The fraction of sp³-hybridized carbons (Fsp3) is 0.600. The number of nitrogens with one attached hydrogen (secondary N) is 1. The number of halogens is 1. The first kappa shape index (κ1) is 22.5. The summed E-state index contributed by atoms with van der Waals surface area (Å²) in [6.07, 6.45) is 3.72. The molecule has 2 rings (SSSR count). The van der Waals surface area contributed by atoms with Crippen LogP contribution >= 0.6 is 12.4 Å². The fourth-order valence-electron chi connectivity index (χ4n) is 3.43. The van der Waals surface area contributed by atoms with Crippen LogP contribution in [-0.4, -0.2) is 41.9 Å². The zero-order chi connectivity index (χ0) is 18.3. The van der Waals surface area contributed by atoms with Gasteiger partial charge >= 0.3 is 0 Å².